The molecule has 0 atom stereocenters. The normalized spacial score (nSPS) is 17.1. The number of alkyl halides is 2. The quantitative estimate of drug-likeness (QED) is 0.877. The van der Waals surface area contributed by atoms with Gasteiger partial charge in [0.15, 0.2) is 0 Å². The molecule has 0 bridgehead atoms. The lowest BCUT2D eigenvalue weighted by atomic mass is 9.78. The molecule has 6 heteroatoms. The van der Waals surface area contributed by atoms with Crippen LogP contribution in [0.5, 0.6) is 0 Å². The molecule has 1 aromatic carbocycles. The van der Waals surface area contributed by atoms with E-state index in [1.807, 2.05) is 30.3 Å². The van der Waals surface area contributed by atoms with Crippen LogP contribution in [0.2, 0.25) is 0 Å². The van der Waals surface area contributed by atoms with Crippen molar-refractivity contribution in [1.29, 1.82) is 0 Å². The molecule has 118 valence electrons. The smallest absolute Gasteiger partial charge is 0.277 e. The summed E-state index contributed by atoms with van der Waals surface area (Å²) in [6.45, 7) is -1.46. The second-order valence-electron chi connectivity index (χ2n) is 5.40. The van der Waals surface area contributed by atoms with Crippen molar-refractivity contribution >= 4 is 18.3 Å². The van der Waals surface area contributed by atoms with Crippen molar-refractivity contribution in [1.82, 2.24) is 5.32 Å². The SMILES string of the molecule is Cl.NCC(F)(F)CNC(=O)C1(c2ccccc2)CCCC1. The van der Waals surface area contributed by atoms with Crippen LogP contribution in [0.1, 0.15) is 31.2 Å². The average molecular weight is 319 g/mol. The first-order valence-electron chi connectivity index (χ1n) is 6.92. The highest BCUT2D eigenvalue weighted by atomic mass is 35.5. The molecule has 1 saturated carbocycles. The van der Waals surface area contributed by atoms with Crippen LogP contribution < -0.4 is 11.1 Å². The Bertz CT molecular complexity index is 462. The molecule has 1 amide bonds. The van der Waals surface area contributed by atoms with E-state index < -0.39 is 24.4 Å². The average Bonchev–Trinajstić information content (AvgIpc) is 2.97. The second-order valence-corrected chi connectivity index (χ2v) is 5.40. The first kappa shape index (κ1) is 17.9. The molecule has 2 rings (SSSR count). The van der Waals surface area contributed by atoms with Gasteiger partial charge in [-0.1, -0.05) is 43.2 Å². The third-order valence-corrected chi connectivity index (χ3v) is 4.02. The number of hydrogen-bond donors (Lipinski definition) is 2. The van der Waals surface area contributed by atoms with Gasteiger partial charge < -0.3 is 11.1 Å². The number of amides is 1. The van der Waals surface area contributed by atoms with E-state index in [1.165, 1.54) is 0 Å². The largest absolute Gasteiger partial charge is 0.349 e. The van der Waals surface area contributed by atoms with E-state index >= 15 is 0 Å². The Morgan fingerprint density at radius 3 is 2.33 bits per heavy atom. The van der Waals surface area contributed by atoms with Crippen molar-refractivity contribution in [2.75, 3.05) is 13.1 Å². The molecular weight excluding hydrogens is 298 g/mol. The van der Waals surface area contributed by atoms with Crippen LogP contribution in [0.15, 0.2) is 30.3 Å². The molecule has 0 saturated heterocycles. The van der Waals surface area contributed by atoms with Crippen LogP contribution in [-0.2, 0) is 10.2 Å². The van der Waals surface area contributed by atoms with Gasteiger partial charge >= 0.3 is 0 Å². The van der Waals surface area contributed by atoms with E-state index in [0.717, 1.165) is 18.4 Å². The molecule has 0 radical (unpaired) electrons. The molecule has 3 N–H and O–H groups in total. The Hall–Kier alpha value is -1.20. The van der Waals surface area contributed by atoms with Crippen LogP contribution in [0, 0.1) is 0 Å². The van der Waals surface area contributed by atoms with Gasteiger partial charge in [-0.05, 0) is 18.4 Å². The minimum atomic E-state index is -3.05. The highest BCUT2D eigenvalue weighted by Crippen LogP contribution is 2.41. The number of rotatable bonds is 5. The summed E-state index contributed by atoms with van der Waals surface area (Å²) in [5.74, 6) is -3.36. The van der Waals surface area contributed by atoms with E-state index in [0.29, 0.717) is 12.8 Å². The number of nitrogens with one attached hydrogen (secondary N) is 1. The zero-order chi connectivity index (χ0) is 14.6. The third kappa shape index (κ3) is 3.92. The predicted molar refractivity (Wildman–Crippen MR) is 80.8 cm³/mol. The predicted octanol–water partition coefficient (Wildman–Crippen LogP) is 2.63. The number of nitrogens with two attached hydrogens (primary N) is 1. The molecule has 1 fully saturated rings. The molecule has 0 unspecified atom stereocenters. The summed E-state index contributed by atoms with van der Waals surface area (Å²) < 4.78 is 26.4. The molecule has 1 aliphatic rings. The zero-order valence-electron chi connectivity index (χ0n) is 11.8. The van der Waals surface area contributed by atoms with Gasteiger partial charge in [-0.3, -0.25) is 4.79 Å². The van der Waals surface area contributed by atoms with Gasteiger partial charge in [0.1, 0.15) is 0 Å². The number of halogens is 3. The lowest BCUT2D eigenvalue weighted by Crippen LogP contribution is -2.48. The van der Waals surface area contributed by atoms with Crippen molar-refractivity contribution in [3.05, 3.63) is 35.9 Å². The molecule has 0 heterocycles. The molecule has 0 aromatic heterocycles. The zero-order valence-corrected chi connectivity index (χ0v) is 12.6. The summed E-state index contributed by atoms with van der Waals surface area (Å²) in [5.41, 5.74) is 5.24. The second kappa shape index (κ2) is 7.18. The van der Waals surface area contributed by atoms with Crippen LogP contribution in [0.3, 0.4) is 0 Å². The van der Waals surface area contributed by atoms with Crippen LogP contribution in [0.4, 0.5) is 8.78 Å². The van der Waals surface area contributed by atoms with Crippen molar-refractivity contribution < 1.29 is 13.6 Å². The topological polar surface area (TPSA) is 55.1 Å². The molecule has 0 spiro atoms. The lowest BCUT2D eigenvalue weighted by molar-refractivity contribution is -0.128. The van der Waals surface area contributed by atoms with Crippen molar-refractivity contribution in [2.24, 2.45) is 5.73 Å². The molecule has 0 aliphatic heterocycles. The van der Waals surface area contributed by atoms with Crippen LogP contribution in [0.25, 0.3) is 0 Å². The van der Waals surface area contributed by atoms with Gasteiger partial charge in [0, 0.05) is 0 Å². The van der Waals surface area contributed by atoms with Gasteiger partial charge in [-0.2, -0.15) is 0 Å². The van der Waals surface area contributed by atoms with Gasteiger partial charge in [0.2, 0.25) is 5.91 Å². The fraction of sp³-hybridized carbons (Fsp3) is 0.533. The summed E-state index contributed by atoms with van der Waals surface area (Å²) in [6, 6.07) is 9.42. The van der Waals surface area contributed by atoms with Gasteiger partial charge in [-0.15, -0.1) is 12.4 Å². The first-order valence-corrected chi connectivity index (χ1v) is 6.92. The lowest BCUT2D eigenvalue weighted by Gasteiger charge is -2.29. The van der Waals surface area contributed by atoms with Crippen molar-refractivity contribution in [3.8, 4) is 0 Å². The van der Waals surface area contributed by atoms with E-state index in [2.05, 4.69) is 5.32 Å². The van der Waals surface area contributed by atoms with Gasteiger partial charge in [0.25, 0.3) is 5.92 Å². The number of benzene rings is 1. The molecule has 1 aliphatic carbocycles. The molecule has 1 aromatic rings. The van der Waals surface area contributed by atoms with Crippen LogP contribution >= 0.6 is 12.4 Å². The van der Waals surface area contributed by atoms with E-state index in [1.54, 1.807) is 0 Å². The Morgan fingerprint density at radius 1 is 1.24 bits per heavy atom. The van der Waals surface area contributed by atoms with Crippen molar-refractivity contribution in [3.63, 3.8) is 0 Å². The Morgan fingerprint density at radius 2 is 1.81 bits per heavy atom. The fourth-order valence-electron chi connectivity index (χ4n) is 2.83. The van der Waals surface area contributed by atoms with E-state index in [4.69, 9.17) is 5.73 Å². The number of hydrogen-bond acceptors (Lipinski definition) is 2. The standard InChI is InChI=1S/C15H20F2N2O.ClH/c16-15(17,10-18)11-19-13(20)14(8-4-5-9-14)12-6-2-1-3-7-12;/h1-3,6-7H,4-5,8-11,18H2,(H,19,20);1H. The third-order valence-electron chi connectivity index (χ3n) is 4.02. The maximum atomic E-state index is 13.2. The summed E-state index contributed by atoms with van der Waals surface area (Å²) in [6.07, 6.45) is 3.29. The summed E-state index contributed by atoms with van der Waals surface area (Å²) in [5, 5.41) is 2.39. The monoisotopic (exact) mass is 318 g/mol. The molecule has 3 nitrogen and oxygen atoms in total. The highest BCUT2D eigenvalue weighted by Gasteiger charge is 2.43. The summed E-state index contributed by atoms with van der Waals surface area (Å²) in [4.78, 5) is 12.4. The summed E-state index contributed by atoms with van der Waals surface area (Å²) in [7, 11) is 0. The van der Waals surface area contributed by atoms with E-state index in [9.17, 15) is 13.6 Å². The Kier molecular flexibility index (Phi) is 6.10. The first-order chi connectivity index (χ1) is 9.50. The number of carbonyl (C=O) groups excluding carboxylic acids is 1. The molecular formula is C15H21ClF2N2O. The minimum absolute atomic E-state index is 0. The van der Waals surface area contributed by atoms with Crippen LogP contribution in [-0.4, -0.2) is 24.9 Å². The molecule has 21 heavy (non-hydrogen) atoms. The van der Waals surface area contributed by atoms with E-state index in [-0.39, 0.29) is 18.3 Å². The maximum absolute atomic E-state index is 13.2. The van der Waals surface area contributed by atoms with Crippen molar-refractivity contribution in [2.45, 2.75) is 37.0 Å². The fourth-order valence-corrected chi connectivity index (χ4v) is 2.83. The minimum Gasteiger partial charge on any atom is -0.349 e. The Balaban J connectivity index is 0.00000220. The number of carbonyl (C=O) groups is 1. The Labute approximate surface area is 129 Å². The summed E-state index contributed by atoms with van der Waals surface area (Å²) >= 11 is 0. The van der Waals surface area contributed by atoms with Gasteiger partial charge in [0.05, 0.1) is 18.5 Å². The van der Waals surface area contributed by atoms with Gasteiger partial charge in [-0.25, -0.2) is 8.78 Å². The highest BCUT2D eigenvalue weighted by molar-refractivity contribution is 5.88. The maximum Gasteiger partial charge on any atom is 0.277 e.